The van der Waals surface area contributed by atoms with Crippen LogP contribution >= 0.6 is 23.1 Å². The number of nitrogens with one attached hydrogen (secondary N) is 1. The number of benzene rings is 1. The number of aromatic nitrogens is 2. The third-order valence-electron chi connectivity index (χ3n) is 3.17. The van der Waals surface area contributed by atoms with Crippen LogP contribution in [0.4, 0.5) is 5.13 Å². The normalized spacial score (nSPS) is 10.9. The van der Waals surface area contributed by atoms with Crippen molar-refractivity contribution in [1.82, 2.24) is 10.2 Å². The molecule has 0 atom stereocenters. The van der Waals surface area contributed by atoms with Gasteiger partial charge in [-0.3, -0.25) is 14.9 Å². The standard InChI is InChI=1S/C16H15N3O3S2/c1-3-6-23-16-19-18-15(24-16)17-14(21)13-8-11(20)10-5-4-9(2)7-12(10)22-13/h4-5,7-8H,3,6H2,1-2H3,(H,17,18,21). The lowest BCUT2D eigenvalue weighted by molar-refractivity contribution is 0.0997. The van der Waals surface area contributed by atoms with E-state index in [1.54, 1.807) is 23.9 Å². The van der Waals surface area contributed by atoms with Crippen LogP contribution in [0.5, 0.6) is 0 Å². The lowest BCUT2D eigenvalue weighted by atomic mass is 10.1. The molecule has 0 aliphatic heterocycles. The Morgan fingerprint density at radius 3 is 2.96 bits per heavy atom. The molecule has 1 aromatic carbocycles. The third-order valence-corrected chi connectivity index (χ3v) is 5.34. The topological polar surface area (TPSA) is 85.1 Å². The SMILES string of the molecule is CCCSc1nnc(NC(=O)c2cc(=O)c3ccc(C)cc3o2)s1. The number of carbonyl (C=O) groups excluding carboxylic acids is 1. The second-order valence-electron chi connectivity index (χ2n) is 5.15. The van der Waals surface area contributed by atoms with Crippen LogP contribution in [0.1, 0.15) is 29.5 Å². The van der Waals surface area contributed by atoms with E-state index in [0.29, 0.717) is 16.1 Å². The van der Waals surface area contributed by atoms with Gasteiger partial charge in [0.25, 0.3) is 5.91 Å². The van der Waals surface area contributed by atoms with E-state index >= 15 is 0 Å². The molecule has 24 heavy (non-hydrogen) atoms. The van der Waals surface area contributed by atoms with Crippen LogP contribution in [0.2, 0.25) is 0 Å². The van der Waals surface area contributed by atoms with E-state index in [0.717, 1.165) is 22.1 Å². The molecule has 0 unspecified atom stereocenters. The summed E-state index contributed by atoms with van der Waals surface area (Å²) < 4.78 is 6.36. The molecule has 0 radical (unpaired) electrons. The number of thioether (sulfide) groups is 1. The molecule has 2 heterocycles. The van der Waals surface area contributed by atoms with Gasteiger partial charge >= 0.3 is 0 Å². The monoisotopic (exact) mass is 361 g/mol. The zero-order chi connectivity index (χ0) is 17.1. The minimum Gasteiger partial charge on any atom is -0.451 e. The first-order chi connectivity index (χ1) is 11.6. The molecule has 1 amide bonds. The Morgan fingerprint density at radius 2 is 2.17 bits per heavy atom. The average Bonchev–Trinajstić information content (AvgIpc) is 2.99. The van der Waals surface area contributed by atoms with E-state index in [2.05, 4.69) is 22.4 Å². The van der Waals surface area contributed by atoms with Crippen molar-refractivity contribution in [3.63, 3.8) is 0 Å². The fourth-order valence-corrected chi connectivity index (χ4v) is 3.71. The lowest BCUT2D eigenvalue weighted by Crippen LogP contribution is -2.14. The fraction of sp³-hybridized carbons (Fsp3) is 0.250. The predicted octanol–water partition coefficient (Wildman–Crippen LogP) is 3.71. The maximum absolute atomic E-state index is 12.3. The molecule has 0 fully saturated rings. The fourth-order valence-electron chi connectivity index (χ4n) is 2.04. The summed E-state index contributed by atoms with van der Waals surface area (Å²) in [5.41, 5.74) is 1.09. The first-order valence-corrected chi connectivity index (χ1v) is 9.19. The van der Waals surface area contributed by atoms with Gasteiger partial charge in [0, 0.05) is 11.8 Å². The van der Waals surface area contributed by atoms with Gasteiger partial charge in [-0.15, -0.1) is 10.2 Å². The highest BCUT2D eigenvalue weighted by Crippen LogP contribution is 2.26. The highest BCUT2D eigenvalue weighted by molar-refractivity contribution is 8.01. The molecule has 0 aliphatic carbocycles. The Labute approximate surface area is 146 Å². The molecular weight excluding hydrogens is 346 g/mol. The number of rotatable bonds is 5. The minimum absolute atomic E-state index is 0.0453. The van der Waals surface area contributed by atoms with E-state index in [1.807, 2.05) is 13.0 Å². The van der Waals surface area contributed by atoms with E-state index < -0.39 is 5.91 Å². The summed E-state index contributed by atoms with van der Waals surface area (Å²) in [5, 5.41) is 11.4. The van der Waals surface area contributed by atoms with Gasteiger partial charge in [0.15, 0.2) is 15.5 Å². The molecule has 0 saturated heterocycles. The summed E-state index contributed by atoms with van der Waals surface area (Å²) in [6.45, 7) is 3.98. The van der Waals surface area contributed by atoms with Gasteiger partial charge in [0.2, 0.25) is 5.13 Å². The largest absolute Gasteiger partial charge is 0.451 e. The summed E-state index contributed by atoms with van der Waals surface area (Å²) in [5.74, 6) is 0.386. The molecule has 3 aromatic rings. The summed E-state index contributed by atoms with van der Waals surface area (Å²) in [4.78, 5) is 24.4. The highest BCUT2D eigenvalue weighted by atomic mass is 32.2. The van der Waals surface area contributed by atoms with Crippen LogP contribution in [-0.2, 0) is 0 Å². The number of nitrogens with zero attached hydrogens (tertiary/aromatic N) is 2. The van der Waals surface area contributed by atoms with Crippen molar-refractivity contribution in [1.29, 1.82) is 0 Å². The summed E-state index contributed by atoms with van der Waals surface area (Å²) in [6.07, 6.45) is 1.04. The number of aryl methyl sites for hydroxylation is 1. The Bertz CT molecular complexity index is 949. The number of carbonyl (C=O) groups is 1. The molecule has 0 bridgehead atoms. The van der Waals surface area contributed by atoms with E-state index in [-0.39, 0.29) is 11.2 Å². The van der Waals surface area contributed by atoms with Crippen molar-refractivity contribution < 1.29 is 9.21 Å². The van der Waals surface area contributed by atoms with Gasteiger partial charge < -0.3 is 4.42 Å². The molecule has 8 heteroatoms. The van der Waals surface area contributed by atoms with Gasteiger partial charge in [-0.2, -0.15) is 0 Å². The third kappa shape index (κ3) is 3.65. The highest BCUT2D eigenvalue weighted by Gasteiger charge is 2.15. The van der Waals surface area contributed by atoms with Gasteiger partial charge in [-0.05, 0) is 31.0 Å². The predicted molar refractivity (Wildman–Crippen MR) is 96.1 cm³/mol. The number of hydrogen-bond acceptors (Lipinski definition) is 7. The molecule has 2 aromatic heterocycles. The zero-order valence-corrected chi connectivity index (χ0v) is 14.8. The van der Waals surface area contributed by atoms with Gasteiger partial charge in [-0.25, -0.2) is 0 Å². The summed E-state index contributed by atoms with van der Waals surface area (Å²) in [6, 6.07) is 6.45. The number of anilines is 1. The zero-order valence-electron chi connectivity index (χ0n) is 13.2. The smallest absolute Gasteiger partial charge is 0.293 e. The van der Waals surface area contributed by atoms with Gasteiger partial charge in [0.05, 0.1) is 5.39 Å². The Hall–Kier alpha value is -2.19. The Kier molecular flexibility index (Phi) is 4.96. The average molecular weight is 361 g/mol. The van der Waals surface area contributed by atoms with Crippen molar-refractivity contribution in [3.8, 4) is 0 Å². The van der Waals surface area contributed by atoms with Crippen LogP contribution in [0, 0.1) is 6.92 Å². The second-order valence-corrected chi connectivity index (χ2v) is 7.47. The Morgan fingerprint density at radius 1 is 1.33 bits per heavy atom. The molecule has 0 saturated carbocycles. The van der Waals surface area contributed by atoms with Crippen molar-refractivity contribution in [2.24, 2.45) is 0 Å². The molecule has 3 rings (SSSR count). The number of fused-ring (bicyclic) bond motifs is 1. The van der Waals surface area contributed by atoms with Crippen molar-refractivity contribution in [3.05, 3.63) is 45.8 Å². The van der Waals surface area contributed by atoms with Gasteiger partial charge in [-0.1, -0.05) is 36.1 Å². The van der Waals surface area contributed by atoms with Crippen molar-refractivity contribution in [2.45, 2.75) is 24.6 Å². The molecule has 0 spiro atoms. The molecule has 1 N–H and O–H groups in total. The van der Waals surface area contributed by atoms with E-state index in [4.69, 9.17) is 4.42 Å². The van der Waals surface area contributed by atoms with Crippen molar-refractivity contribution in [2.75, 3.05) is 11.1 Å². The second kappa shape index (κ2) is 7.14. The first-order valence-electron chi connectivity index (χ1n) is 7.39. The van der Waals surface area contributed by atoms with Crippen LogP contribution in [0.3, 0.4) is 0 Å². The van der Waals surface area contributed by atoms with Crippen molar-refractivity contribution >= 4 is 45.1 Å². The Balaban J connectivity index is 1.83. The van der Waals surface area contributed by atoms with Crippen LogP contribution in [0.15, 0.2) is 37.8 Å². The van der Waals surface area contributed by atoms with Crippen LogP contribution in [-0.4, -0.2) is 21.9 Å². The van der Waals surface area contributed by atoms with Crippen LogP contribution in [0.25, 0.3) is 11.0 Å². The summed E-state index contributed by atoms with van der Waals surface area (Å²) >= 11 is 2.89. The lowest BCUT2D eigenvalue weighted by Gasteiger charge is -2.03. The number of hydrogen-bond donors (Lipinski definition) is 1. The van der Waals surface area contributed by atoms with E-state index in [1.165, 1.54) is 17.4 Å². The molecule has 0 aliphatic rings. The molecule has 6 nitrogen and oxygen atoms in total. The van der Waals surface area contributed by atoms with E-state index in [9.17, 15) is 9.59 Å². The minimum atomic E-state index is -0.515. The molecular formula is C16H15N3O3S2. The van der Waals surface area contributed by atoms with Crippen LogP contribution < -0.4 is 10.7 Å². The quantitative estimate of drug-likeness (QED) is 0.551. The number of amides is 1. The van der Waals surface area contributed by atoms with Gasteiger partial charge in [0.1, 0.15) is 5.58 Å². The summed E-state index contributed by atoms with van der Waals surface area (Å²) in [7, 11) is 0. The maximum Gasteiger partial charge on any atom is 0.293 e. The first kappa shape index (κ1) is 16.7. The molecule has 124 valence electrons. The maximum atomic E-state index is 12.3.